The summed E-state index contributed by atoms with van der Waals surface area (Å²) in [6, 6.07) is 5.92. The second-order valence-corrected chi connectivity index (χ2v) is 7.67. The van der Waals surface area contributed by atoms with Gasteiger partial charge in [-0.1, -0.05) is 12.1 Å². The zero-order valence-corrected chi connectivity index (χ0v) is 17.1. The summed E-state index contributed by atoms with van der Waals surface area (Å²) < 4.78 is 10.6. The van der Waals surface area contributed by atoms with E-state index in [2.05, 4.69) is 10.2 Å². The molecule has 0 aromatic heterocycles. The predicted octanol–water partition coefficient (Wildman–Crippen LogP) is 1.64. The van der Waals surface area contributed by atoms with Crippen LogP contribution in [-0.4, -0.2) is 78.2 Å². The van der Waals surface area contributed by atoms with E-state index in [1.807, 2.05) is 20.8 Å². The van der Waals surface area contributed by atoms with Crippen molar-refractivity contribution < 1.29 is 24.0 Å². The summed E-state index contributed by atoms with van der Waals surface area (Å²) in [5, 5.41) is 13.7. The molecule has 0 unspecified atom stereocenters. The summed E-state index contributed by atoms with van der Waals surface area (Å²) in [5.74, 6) is -0.290. The highest BCUT2D eigenvalue weighted by atomic mass is 16.6. The van der Waals surface area contributed by atoms with E-state index in [0.717, 1.165) is 0 Å². The number of nitrogens with one attached hydrogen (secondary N) is 1. The molecule has 10 heteroatoms. The third-order valence-corrected chi connectivity index (χ3v) is 4.19. The average Bonchev–Trinajstić information content (AvgIpc) is 2.65. The molecule has 160 valence electrons. The van der Waals surface area contributed by atoms with Gasteiger partial charge in [0.15, 0.2) is 12.4 Å². The Labute approximate surface area is 169 Å². The Morgan fingerprint density at radius 1 is 1.17 bits per heavy atom. The molecule has 1 aromatic rings. The van der Waals surface area contributed by atoms with Crippen molar-refractivity contribution >= 4 is 17.7 Å². The maximum absolute atomic E-state index is 12.1. The Morgan fingerprint density at radius 2 is 1.83 bits per heavy atom. The van der Waals surface area contributed by atoms with Gasteiger partial charge in [-0.3, -0.25) is 19.8 Å². The Hall–Kier alpha value is -2.88. The van der Waals surface area contributed by atoms with Crippen molar-refractivity contribution in [2.45, 2.75) is 26.4 Å². The smallest absolute Gasteiger partial charge is 0.410 e. The summed E-state index contributed by atoms with van der Waals surface area (Å²) in [6.07, 6.45) is -0.308. The first-order chi connectivity index (χ1) is 13.7. The van der Waals surface area contributed by atoms with Gasteiger partial charge in [0.2, 0.25) is 0 Å². The lowest BCUT2D eigenvalue weighted by molar-refractivity contribution is -0.385. The third kappa shape index (κ3) is 7.57. The van der Waals surface area contributed by atoms with Gasteiger partial charge in [-0.2, -0.15) is 0 Å². The van der Waals surface area contributed by atoms with E-state index in [1.54, 1.807) is 11.0 Å². The standard InChI is InChI=1S/C19H28N4O6/c1-19(2,3)29-18(25)22-12-10-21(11-13-22)9-8-20-17(24)14-28-16-7-5-4-6-15(16)23(26)27/h4-7H,8-14H2,1-3H3,(H,20,24). The van der Waals surface area contributed by atoms with Crippen LogP contribution in [0, 0.1) is 10.1 Å². The van der Waals surface area contributed by atoms with E-state index in [0.29, 0.717) is 39.3 Å². The van der Waals surface area contributed by atoms with Crippen LogP contribution < -0.4 is 10.1 Å². The first-order valence-corrected chi connectivity index (χ1v) is 9.49. The number of hydrogen-bond acceptors (Lipinski definition) is 7. The maximum Gasteiger partial charge on any atom is 0.410 e. The fourth-order valence-electron chi connectivity index (χ4n) is 2.76. The highest BCUT2D eigenvalue weighted by Gasteiger charge is 2.25. The van der Waals surface area contributed by atoms with Gasteiger partial charge >= 0.3 is 11.8 Å². The molecule has 1 N–H and O–H groups in total. The van der Waals surface area contributed by atoms with Crippen molar-refractivity contribution in [2.75, 3.05) is 45.9 Å². The molecular weight excluding hydrogens is 380 g/mol. The molecule has 1 heterocycles. The lowest BCUT2D eigenvalue weighted by Crippen LogP contribution is -2.51. The Balaban J connectivity index is 1.65. The third-order valence-electron chi connectivity index (χ3n) is 4.19. The summed E-state index contributed by atoms with van der Waals surface area (Å²) in [4.78, 5) is 38.2. The number of nitrogens with zero attached hydrogens (tertiary/aromatic N) is 3. The van der Waals surface area contributed by atoms with Gasteiger partial charge in [0.1, 0.15) is 5.60 Å². The minimum atomic E-state index is -0.551. The number of piperazine rings is 1. The van der Waals surface area contributed by atoms with Crippen molar-refractivity contribution in [3.63, 3.8) is 0 Å². The van der Waals surface area contributed by atoms with Crippen LogP contribution in [0.1, 0.15) is 20.8 Å². The highest BCUT2D eigenvalue weighted by Crippen LogP contribution is 2.25. The summed E-state index contributed by atoms with van der Waals surface area (Å²) in [7, 11) is 0. The number of para-hydroxylation sites is 2. The Kier molecular flexibility index (Phi) is 7.77. The number of nitro benzene ring substituents is 1. The molecule has 2 amide bonds. The van der Waals surface area contributed by atoms with Gasteiger partial charge in [-0.05, 0) is 26.8 Å². The lowest BCUT2D eigenvalue weighted by atomic mass is 10.2. The van der Waals surface area contributed by atoms with E-state index in [-0.39, 0.29) is 30.0 Å². The molecule has 0 radical (unpaired) electrons. The first-order valence-electron chi connectivity index (χ1n) is 9.49. The minimum absolute atomic E-state index is 0.0610. The van der Waals surface area contributed by atoms with Crippen LogP contribution in [0.15, 0.2) is 24.3 Å². The van der Waals surface area contributed by atoms with E-state index in [4.69, 9.17) is 9.47 Å². The number of rotatable bonds is 7. The molecular formula is C19H28N4O6. The molecule has 1 aliphatic rings. The second kappa shape index (κ2) is 10.1. The molecule has 0 atom stereocenters. The van der Waals surface area contributed by atoms with Crippen molar-refractivity contribution in [2.24, 2.45) is 0 Å². The molecule has 1 aliphatic heterocycles. The van der Waals surface area contributed by atoms with Crippen LogP contribution in [0.25, 0.3) is 0 Å². The van der Waals surface area contributed by atoms with Crippen LogP contribution in [0.3, 0.4) is 0 Å². The zero-order valence-electron chi connectivity index (χ0n) is 17.1. The summed E-state index contributed by atoms with van der Waals surface area (Å²) in [6.45, 7) is 8.82. The highest BCUT2D eigenvalue weighted by molar-refractivity contribution is 5.77. The molecule has 1 aromatic carbocycles. The quantitative estimate of drug-likeness (QED) is 0.539. The van der Waals surface area contributed by atoms with Crippen LogP contribution >= 0.6 is 0 Å². The second-order valence-electron chi connectivity index (χ2n) is 7.67. The van der Waals surface area contributed by atoms with Crippen LogP contribution in [0.2, 0.25) is 0 Å². The SMILES string of the molecule is CC(C)(C)OC(=O)N1CCN(CCNC(=O)COc2ccccc2[N+](=O)[O-])CC1. The van der Waals surface area contributed by atoms with Gasteiger partial charge in [-0.15, -0.1) is 0 Å². The number of carbonyl (C=O) groups excluding carboxylic acids is 2. The molecule has 2 rings (SSSR count). The number of hydrogen-bond donors (Lipinski definition) is 1. The number of benzene rings is 1. The van der Waals surface area contributed by atoms with Gasteiger partial charge in [-0.25, -0.2) is 4.79 Å². The molecule has 1 saturated heterocycles. The minimum Gasteiger partial charge on any atom is -0.477 e. The van der Waals surface area contributed by atoms with Crippen LogP contribution in [0.4, 0.5) is 10.5 Å². The normalized spacial score (nSPS) is 14.9. The van der Waals surface area contributed by atoms with Crippen LogP contribution in [-0.2, 0) is 9.53 Å². The van der Waals surface area contributed by atoms with E-state index in [1.165, 1.54) is 18.2 Å². The number of ether oxygens (including phenoxy) is 2. The van der Waals surface area contributed by atoms with Gasteiger partial charge in [0, 0.05) is 45.3 Å². The van der Waals surface area contributed by atoms with Gasteiger partial charge in [0.25, 0.3) is 5.91 Å². The monoisotopic (exact) mass is 408 g/mol. The number of carbonyl (C=O) groups is 2. The first kappa shape index (κ1) is 22.4. The zero-order chi connectivity index (χ0) is 21.4. The van der Waals surface area contributed by atoms with Crippen molar-refractivity contribution in [3.8, 4) is 5.75 Å². The molecule has 10 nitrogen and oxygen atoms in total. The molecule has 29 heavy (non-hydrogen) atoms. The van der Waals surface area contributed by atoms with Crippen molar-refractivity contribution in [1.29, 1.82) is 0 Å². The summed E-state index contributed by atoms with van der Waals surface area (Å²) in [5.41, 5.74) is -0.691. The van der Waals surface area contributed by atoms with Crippen molar-refractivity contribution in [1.82, 2.24) is 15.1 Å². The molecule has 0 spiro atoms. The van der Waals surface area contributed by atoms with E-state index >= 15 is 0 Å². The Morgan fingerprint density at radius 3 is 2.45 bits per heavy atom. The molecule has 0 aliphatic carbocycles. The Bertz CT molecular complexity index is 726. The summed E-state index contributed by atoms with van der Waals surface area (Å²) >= 11 is 0. The average molecular weight is 408 g/mol. The maximum atomic E-state index is 12.1. The number of amides is 2. The van der Waals surface area contributed by atoms with Gasteiger partial charge < -0.3 is 19.7 Å². The molecule has 1 fully saturated rings. The van der Waals surface area contributed by atoms with E-state index in [9.17, 15) is 19.7 Å². The fraction of sp³-hybridized carbons (Fsp3) is 0.579. The van der Waals surface area contributed by atoms with Crippen LogP contribution in [0.5, 0.6) is 5.75 Å². The van der Waals surface area contributed by atoms with Gasteiger partial charge in [0.05, 0.1) is 4.92 Å². The topological polar surface area (TPSA) is 114 Å². The van der Waals surface area contributed by atoms with Crippen molar-refractivity contribution in [3.05, 3.63) is 34.4 Å². The lowest BCUT2D eigenvalue weighted by Gasteiger charge is -2.35. The molecule has 0 bridgehead atoms. The fourth-order valence-corrected chi connectivity index (χ4v) is 2.76. The van der Waals surface area contributed by atoms with E-state index < -0.39 is 10.5 Å². The molecule has 0 saturated carbocycles. The number of nitro groups is 1. The largest absolute Gasteiger partial charge is 0.477 e. The predicted molar refractivity (Wildman–Crippen MR) is 106 cm³/mol.